The Morgan fingerprint density at radius 2 is 1.89 bits per heavy atom. The first-order chi connectivity index (χ1) is 13.1. The molecular weight excluding hydrogens is 356 g/mol. The van der Waals surface area contributed by atoms with E-state index in [-0.39, 0.29) is 18.0 Å². The van der Waals surface area contributed by atoms with Gasteiger partial charge in [0.05, 0.1) is 13.5 Å². The molecule has 1 atom stereocenters. The van der Waals surface area contributed by atoms with Crippen molar-refractivity contribution in [3.63, 3.8) is 0 Å². The maximum Gasteiger partial charge on any atom is 0.410 e. The van der Waals surface area contributed by atoms with Gasteiger partial charge in [-0.2, -0.15) is 0 Å². The molecule has 1 aromatic carbocycles. The van der Waals surface area contributed by atoms with Crippen LogP contribution in [0.15, 0.2) is 18.2 Å². The third-order valence-corrected chi connectivity index (χ3v) is 5.30. The summed E-state index contributed by atoms with van der Waals surface area (Å²) in [6, 6.07) is 6.15. The smallest absolute Gasteiger partial charge is 0.410 e. The van der Waals surface area contributed by atoms with Gasteiger partial charge in [0.25, 0.3) is 0 Å². The Labute approximate surface area is 168 Å². The molecular formula is C22H34N2O4. The van der Waals surface area contributed by atoms with Gasteiger partial charge in [-0.3, -0.25) is 4.79 Å². The number of piperidine rings is 1. The third kappa shape index (κ3) is 5.88. The van der Waals surface area contributed by atoms with Crippen molar-refractivity contribution in [1.82, 2.24) is 4.90 Å². The summed E-state index contributed by atoms with van der Waals surface area (Å²) in [6.45, 7) is 9.03. The van der Waals surface area contributed by atoms with Gasteiger partial charge in [0.2, 0.25) is 0 Å². The van der Waals surface area contributed by atoms with Gasteiger partial charge in [0, 0.05) is 18.8 Å². The summed E-state index contributed by atoms with van der Waals surface area (Å²) in [4.78, 5) is 25.6. The van der Waals surface area contributed by atoms with Crippen molar-refractivity contribution >= 4 is 17.7 Å². The molecule has 0 saturated carbocycles. The summed E-state index contributed by atoms with van der Waals surface area (Å²) in [5, 5.41) is 0. The quantitative estimate of drug-likeness (QED) is 0.594. The number of nitrogens with two attached hydrogens (primary N) is 1. The molecule has 1 amide bonds. The number of esters is 1. The lowest BCUT2D eigenvalue weighted by Gasteiger charge is -2.34. The first kappa shape index (κ1) is 22.1. The van der Waals surface area contributed by atoms with Crippen molar-refractivity contribution in [3.8, 4) is 0 Å². The number of nitrogen functional groups attached to an aromatic ring is 1. The second-order valence-corrected chi connectivity index (χ2v) is 8.52. The molecule has 1 aliphatic rings. The van der Waals surface area contributed by atoms with E-state index in [1.54, 1.807) is 4.90 Å². The minimum Gasteiger partial charge on any atom is -0.469 e. The largest absolute Gasteiger partial charge is 0.469 e. The molecule has 6 nitrogen and oxygen atoms in total. The number of amides is 1. The Morgan fingerprint density at radius 3 is 2.39 bits per heavy atom. The van der Waals surface area contributed by atoms with Crippen molar-refractivity contribution in [1.29, 1.82) is 0 Å². The highest BCUT2D eigenvalue weighted by Gasteiger charge is 2.28. The van der Waals surface area contributed by atoms with Crippen molar-refractivity contribution < 1.29 is 19.1 Å². The van der Waals surface area contributed by atoms with Crippen molar-refractivity contribution in [2.75, 3.05) is 25.9 Å². The van der Waals surface area contributed by atoms with Crippen LogP contribution in [0.3, 0.4) is 0 Å². The summed E-state index contributed by atoms with van der Waals surface area (Å²) < 4.78 is 10.3. The second kappa shape index (κ2) is 9.30. The van der Waals surface area contributed by atoms with E-state index in [4.69, 9.17) is 15.2 Å². The van der Waals surface area contributed by atoms with Crippen LogP contribution in [0, 0.1) is 0 Å². The Kier molecular flexibility index (Phi) is 7.33. The topological polar surface area (TPSA) is 81.9 Å². The fourth-order valence-electron chi connectivity index (χ4n) is 3.70. The Bertz CT molecular complexity index is 688. The maximum atomic E-state index is 12.2. The average molecular weight is 391 g/mol. The normalized spacial score (nSPS) is 16.5. The summed E-state index contributed by atoms with van der Waals surface area (Å²) in [5.74, 6) is 0.232. The second-order valence-electron chi connectivity index (χ2n) is 8.52. The van der Waals surface area contributed by atoms with Crippen LogP contribution in [0.25, 0.3) is 0 Å². The van der Waals surface area contributed by atoms with Crippen LogP contribution in [0.5, 0.6) is 0 Å². The van der Waals surface area contributed by atoms with Crippen LogP contribution < -0.4 is 5.73 Å². The number of carbonyl (C=O) groups is 2. The van der Waals surface area contributed by atoms with Crippen molar-refractivity contribution in [2.45, 2.75) is 70.8 Å². The highest BCUT2D eigenvalue weighted by atomic mass is 16.6. The highest BCUT2D eigenvalue weighted by molar-refractivity contribution is 5.70. The molecule has 0 bridgehead atoms. The summed E-state index contributed by atoms with van der Waals surface area (Å²) in [5.41, 5.74) is 8.84. The van der Waals surface area contributed by atoms with Crippen LogP contribution >= 0.6 is 0 Å². The standard InChI is InChI=1S/C22H34N2O4/c1-6-15(14-20(25)27-5)17-7-8-18(19(23)13-17)16-9-11-24(12-10-16)21(26)28-22(2,3)4/h7-8,13,15-16H,6,9-12,14,23H2,1-5H3. The predicted molar refractivity (Wildman–Crippen MR) is 110 cm³/mol. The van der Waals surface area contributed by atoms with Crippen LogP contribution in [0.2, 0.25) is 0 Å². The number of rotatable bonds is 5. The number of ether oxygens (including phenoxy) is 2. The van der Waals surface area contributed by atoms with Gasteiger partial charge in [-0.1, -0.05) is 19.1 Å². The van der Waals surface area contributed by atoms with Crippen molar-refractivity contribution in [2.24, 2.45) is 0 Å². The number of methoxy groups -OCH3 is 1. The first-order valence-corrected chi connectivity index (χ1v) is 10.1. The van der Waals surface area contributed by atoms with Gasteiger partial charge in [0.15, 0.2) is 0 Å². The Hall–Kier alpha value is -2.24. The zero-order valence-electron chi connectivity index (χ0n) is 17.8. The molecule has 1 unspecified atom stereocenters. The lowest BCUT2D eigenvalue weighted by Crippen LogP contribution is -2.41. The molecule has 2 rings (SSSR count). The van der Waals surface area contributed by atoms with Gasteiger partial charge in [-0.15, -0.1) is 0 Å². The van der Waals surface area contributed by atoms with Gasteiger partial charge < -0.3 is 20.1 Å². The minimum atomic E-state index is -0.478. The van der Waals surface area contributed by atoms with Crippen LogP contribution in [-0.4, -0.2) is 42.8 Å². The predicted octanol–water partition coefficient (Wildman–Crippen LogP) is 4.44. The molecule has 1 aliphatic heterocycles. The first-order valence-electron chi connectivity index (χ1n) is 10.1. The number of carbonyl (C=O) groups excluding carboxylic acids is 2. The van der Waals surface area contributed by atoms with E-state index in [1.807, 2.05) is 26.8 Å². The molecule has 0 radical (unpaired) electrons. The van der Waals surface area contributed by atoms with Crippen LogP contribution in [0.4, 0.5) is 10.5 Å². The van der Waals surface area contributed by atoms with Gasteiger partial charge in [0.1, 0.15) is 5.60 Å². The molecule has 1 fully saturated rings. The van der Waals surface area contributed by atoms with E-state index >= 15 is 0 Å². The monoisotopic (exact) mass is 390 g/mol. The van der Waals surface area contributed by atoms with Crippen LogP contribution in [0.1, 0.15) is 76.3 Å². The molecule has 28 heavy (non-hydrogen) atoms. The van der Waals surface area contributed by atoms with Crippen molar-refractivity contribution in [3.05, 3.63) is 29.3 Å². The number of likely N-dealkylation sites (tertiary alicyclic amines) is 1. The minimum absolute atomic E-state index is 0.109. The van der Waals surface area contributed by atoms with Gasteiger partial charge >= 0.3 is 12.1 Å². The van der Waals surface area contributed by atoms with Crippen LogP contribution in [-0.2, 0) is 14.3 Å². The Morgan fingerprint density at radius 1 is 1.25 bits per heavy atom. The molecule has 6 heteroatoms. The van der Waals surface area contributed by atoms with E-state index < -0.39 is 5.60 Å². The number of benzene rings is 1. The zero-order valence-corrected chi connectivity index (χ0v) is 17.8. The van der Waals surface area contributed by atoms with Gasteiger partial charge in [-0.25, -0.2) is 4.79 Å². The number of anilines is 1. The number of nitrogens with zero attached hydrogens (tertiary/aromatic N) is 1. The zero-order chi connectivity index (χ0) is 20.9. The molecule has 1 saturated heterocycles. The Balaban J connectivity index is 2.01. The fraction of sp³-hybridized carbons (Fsp3) is 0.636. The van der Waals surface area contributed by atoms with Gasteiger partial charge in [-0.05, 0) is 69.1 Å². The average Bonchev–Trinajstić information content (AvgIpc) is 2.64. The molecule has 2 N–H and O–H groups in total. The maximum absolute atomic E-state index is 12.2. The lowest BCUT2D eigenvalue weighted by atomic mass is 9.85. The number of hydrogen-bond acceptors (Lipinski definition) is 5. The molecule has 156 valence electrons. The molecule has 1 heterocycles. The molecule has 0 aliphatic carbocycles. The van der Waals surface area contributed by atoms with E-state index in [2.05, 4.69) is 19.1 Å². The summed E-state index contributed by atoms with van der Waals surface area (Å²) in [6.07, 6.45) is 2.69. The van der Waals surface area contributed by atoms with E-state index in [1.165, 1.54) is 7.11 Å². The highest BCUT2D eigenvalue weighted by Crippen LogP contribution is 2.35. The molecule has 0 aromatic heterocycles. The molecule has 1 aromatic rings. The lowest BCUT2D eigenvalue weighted by molar-refractivity contribution is -0.141. The third-order valence-electron chi connectivity index (χ3n) is 5.30. The fourth-order valence-corrected chi connectivity index (χ4v) is 3.70. The summed E-state index contributed by atoms with van der Waals surface area (Å²) >= 11 is 0. The SMILES string of the molecule is CCC(CC(=O)OC)c1ccc(C2CCN(C(=O)OC(C)(C)C)CC2)c(N)c1. The number of hydrogen-bond donors (Lipinski definition) is 1. The van der Waals surface area contributed by atoms with E-state index in [0.717, 1.165) is 36.1 Å². The summed E-state index contributed by atoms with van der Waals surface area (Å²) in [7, 11) is 1.41. The van der Waals surface area contributed by atoms with E-state index in [0.29, 0.717) is 25.4 Å². The molecule has 0 spiro atoms. The van der Waals surface area contributed by atoms with E-state index in [9.17, 15) is 9.59 Å².